The van der Waals surface area contributed by atoms with Crippen molar-refractivity contribution in [2.75, 3.05) is 20.3 Å². The van der Waals surface area contributed by atoms with Gasteiger partial charge < -0.3 is 14.0 Å². The first-order chi connectivity index (χ1) is 10.2. The first-order valence-electron chi connectivity index (χ1n) is 7.44. The van der Waals surface area contributed by atoms with Gasteiger partial charge >= 0.3 is 0 Å². The Morgan fingerprint density at radius 3 is 2.81 bits per heavy atom. The number of hydrogen-bond acceptors (Lipinski definition) is 3. The highest BCUT2D eigenvalue weighted by Gasteiger charge is 2.17. The summed E-state index contributed by atoms with van der Waals surface area (Å²) in [5.74, 6) is 1.72. The lowest BCUT2D eigenvalue weighted by Crippen LogP contribution is -2.05. The summed E-state index contributed by atoms with van der Waals surface area (Å²) in [5, 5.41) is -0.130. The summed E-state index contributed by atoms with van der Waals surface area (Å²) in [5.41, 5.74) is 1.98. The van der Waals surface area contributed by atoms with Crippen LogP contribution < -0.4 is 4.74 Å². The van der Waals surface area contributed by atoms with Gasteiger partial charge in [0.05, 0.1) is 17.5 Å². The Morgan fingerprint density at radius 1 is 1.33 bits per heavy atom. The average Bonchev–Trinajstić information content (AvgIpc) is 2.84. The zero-order chi connectivity index (χ0) is 15.2. The van der Waals surface area contributed by atoms with Crippen molar-refractivity contribution in [1.29, 1.82) is 0 Å². The Balaban J connectivity index is 2.36. The second kappa shape index (κ2) is 7.66. The number of imidazole rings is 1. The molecule has 4 nitrogen and oxygen atoms in total. The molecule has 1 aromatic heterocycles. The summed E-state index contributed by atoms with van der Waals surface area (Å²) in [4.78, 5) is 4.70. The predicted molar refractivity (Wildman–Crippen MR) is 86.3 cm³/mol. The number of nitrogens with zero attached hydrogens (tertiary/aromatic N) is 2. The molecule has 116 valence electrons. The van der Waals surface area contributed by atoms with Crippen LogP contribution in [0.4, 0.5) is 0 Å². The van der Waals surface area contributed by atoms with Crippen molar-refractivity contribution < 1.29 is 9.47 Å². The molecule has 0 fully saturated rings. The minimum Gasteiger partial charge on any atom is -0.492 e. The minimum atomic E-state index is -0.130. The summed E-state index contributed by atoms with van der Waals surface area (Å²) in [7, 11) is 1.73. The van der Waals surface area contributed by atoms with Gasteiger partial charge in [0.1, 0.15) is 17.1 Å². The van der Waals surface area contributed by atoms with E-state index in [1.54, 1.807) is 7.11 Å². The molecule has 0 saturated carbocycles. The van der Waals surface area contributed by atoms with E-state index in [9.17, 15) is 0 Å². The number of para-hydroxylation sites is 1. The fraction of sp³-hybridized carbons (Fsp3) is 0.562. The minimum absolute atomic E-state index is 0.130. The molecule has 1 unspecified atom stereocenters. The smallest absolute Gasteiger partial charge is 0.147 e. The van der Waals surface area contributed by atoms with E-state index in [1.165, 1.54) is 0 Å². The van der Waals surface area contributed by atoms with Gasteiger partial charge in [-0.15, -0.1) is 11.6 Å². The molecule has 0 bridgehead atoms. The van der Waals surface area contributed by atoms with Gasteiger partial charge in [-0.1, -0.05) is 6.07 Å². The lowest BCUT2D eigenvalue weighted by atomic mass is 10.2. The van der Waals surface area contributed by atoms with E-state index in [0.717, 1.165) is 48.6 Å². The van der Waals surface area contributed by atoms with Crippen molar-refractivity contribution in [1.82, 2.24) is 9.55 Å². The Morgan fingerprint density at radius 2 is 2.14 bits per heavy atom. The van der Waals surface area contributed by atoms with Crippen molar-refractivity contribution in [3.05, 3.63) is 24.0 Å². The number of methoxy groups -OCH3 is 1. The lowest BCUT2D eigenvalue weighted by Gasteiger charge is -2.10. The molecule has 0 amide bonds. The van der Waals surface area contributed by atoms with Crippen molar-refractivity contribution in [3.63, 3.8) is 0 Å². The van der Waals surface area contributed by atoms with Crippen LogP contribution >= 0.6 is 11.6 Å². The van der Waals surface area contributed by atoms with Gasteiger partial charge in [0.15, 0.2) is 0 Å². The normalized spacial score (nSPS) is 12.8. The van der Waals surface area contributed by atoms with Crippen LogP contribution in [-0.4, -0.2) is 29.9 Å². The number of benzene rings is 1. The molecule has 0 aliphatic carbocycles. The van der Waals surface area contributed by atoms with Crippen LogP contribution in [0.15, 0.2) is 18.2 Å². The highest BCUT2D eigenvalue weighted by atomic mass is 35.5. The van der Waals surface area contributed by atoms with Crippen molar-refractivity contribution in [2.45, 2.75) is 38.6 Å². The molecule has 0 spiro atoms. The second-order valence-corrected chi connectivity index (χ2v) is 5.65. The van der Waals surface area contributed by atoms with Gasteiger partial charge in [0.2, 0.25) is 0 Å². The SMILES string of the molecule is CCOc1cccc2c1nc(C(C)Cl)n2CCCCOC. The van der Waals surface area contributed by atoms with Gasteiger partial charge in [0, 0.05) is 20.3 Å². The maximum absolute atomic E-state index is 6.30. The van der Waals surface area contributed by atoms with Crippen LogP contribution in [0, 0.1) is 0 Å². The van der Waals surface area contributed by atoms with Gasteiger partial charge in [0.25, 0.3) is 0 Å². The molecular weight excluding hydrogens is 288 g/mol. The van der Waals surface area contributed by atoms with Crippen LogP contribution in [0.2, 0.25) is 0 Å². The van der Waals surface area contributed by atoms with Gasteiger partial charge in [-0.05, 0) is 38.8 Å². The molecule has 1 heterocycles. The Kier molecular flexibility index (Phi) is 5.88. The zero-order valence-electron chi connectivity index (χ0n) is 12.9. The number of unbranched alkanes of at least 4 members (excludes halogenated alkanes) is 1. The summed E-state index contributed by atoms with van der Waals surface area (Å²) < 4.78 is 13.0. The number of hydrogen-bond donors (Lipinski definition) is 0. The third-order valence-corrected chi connectivity index (χ3v) is 3.60. The molecule has 0 aliphatic heterocycles. The van der Waals surface area contributed by atoms with E-state index < -0.39 is 0 Å². The molecule has 0 aliphatic rings. The average molecular weight is 311 g/mol. The Labute approximate surface area is 131 Å². The van der Waals surface area contributed by atoms with E-state index in [2.05, 4.69) is 10.6 Å². The molecule has 0 N–H and O–H groups in total. The van der Waals surface area contributed by atoms with E-state index in [1.807, 2.05) is 26.0 Å². The van der Waals surface area contributed by atoms with E-state index in [0.29, 0.717) is 6.61 Å². The van der Waals surface area contributed by atoms with Crippen molar-refractivity contribution >= 4 is 22.6 Å². The summed E-state index contributed by atoms with van der Waals surface area (Å²) >= 11 is 6.30. The molecule has 0 saturated heterocycles. The van der Waals surface area contributed by atoms with Gasteiger partial charge in [-0.2, -0.15) is 0 Å². The number of rotatable bonds is 8. The van der Waals surface area contributed by atoms with Crippen LogP contribution in [0.25, 0.3) is 11.0 Å². The molecule has 2 aromatic rings. The number of fused-ring (bicyclic) bond motifs is 1. The second-order valence-electron chi connectivity index (χ2n) is 4.99. The molecule has 5 heteroatoms. The van der Waals surface area contributed by atoms with Crippen LogP contribution in [-0.2, 0) is 11.3 Å². The van der Waals surface area contributed by atoms with Crippen LogP contribution in [0.1, 0.15) is 37.9 Å². The van der Waals surface area contributed by atoms with Crippen LogP contribution in [0.5, 0.6) is 5.75 Å². The summed E-state index contributed by atoms with van der Waals surface area (Å²) in [6.07, 6.45) is 2.06. The van der Waals surface area contributed by atoms with Gasteiger partial charge in [-0.3, -0.25) is 0 Å². The lowest BCUT2D eigenvalue weighted by molar-refractivity contribution is 0.191. The standard InChI is InChI=1S/C16H23ClN2O2/c1-4-21-14-9-7-8-13-15(14)18-16(12(2)17)19(13)10-5-6-11-20-3/h7-9,12H,4-6,10-11H2,1-3H3. The maximum Gasteiger partial charge on any atom is 0.147 e. The monoisotopic (exact) mass is 310 g/mol. The molecule has 1 aromatic carbocycles. The number of alkyl halides is 1. The molecule has 1 atom stereocenters. The Bertz CT molecular complexity index is 581. The highest BCUT2D eigenvalue weighted by molar-refractivity contribution is 6.20. The van der Waals surface area contributed by atoms with Crippen molar-refractivity contribution in [2.24, 2.45) is 0 Å². The number of aryl methyl sites for hydroxylation is 1. The zero-order valence-corrected chi connectivity index (χ0v) is 13.7. The van der Waals surface area contributed by atoms with Crippen molar-refractivity contribution in [3.8, 4) is 5.75 Å². The summed E-state index contributed by atoms with van der Waals surface area (Å²) in [6, 6.07) is 6.03. The van der Waals surface area contributed by atoms with E-state index in [-0.39, 0.29) is 5.38 Å². The molecular formula is C16H23ClN2O2. The molecule has 2 rings (SSSR count). The fourth-order valence-electron chi connectivity index (χ4n) is 2.47. The maximum atomic E-state index is 6.30. The van der Waals surface area contributed by atoms with E-state index in [4.69, 9.17) is 26.1 Å². The topological polar surface area (TPSA) is 36.3 Å². The third-order valence-electron chi connectivity index (χ3n) is 3.41. The predicted octanol–water partition coefficient (Wildman–Crippen LogP) is 4.16. The molecule has 21 heavy (non-hydrogen) atoms. The van der Waals surface area contributed by atoms with Gasteiger partial charge in [-0.25, -0.2) is 4.98 Å². The largest absolute Gasteiger partial charge is 0.492 e. The number of halogens is 1. The first kappa shape index (κ1) is 16.1. The first-order valence-corrected chi connectivity index (χ1v) is 7.87. The number of ether oxygens (including phenoxy) is 2. The third kappa shape index (κ3) is 3.69. The highest BCUT2D eigenvalue weighted by Crippen LogP contribution is 2.30. The summed E-state index contributed by atoms with van der Waals surface area (Å²) in [6.45, 7) is 6.23. The quantitative estimate of drug-likeness (QED) is 0.542. The Hall–Kier alpha value is -1.26. The molecule has 0 radical (unpaired) electrons. The van der Waals surface area contributed by atoms with E-state index >= 15 is 0 Å². The number of aromatic nitrogens is 2. The van der Waals surface area contributed by atoms with Crippen LogP contribution in [0.3, 0.4) is 0 Å². The fourth-order valence-corrected chi connectivity index (χ4v) is 2.63.